The van der Waals surface area contributed by atoms with Gasteiger partial charge in [-0.3, -0.25) is 9.78 Å². The van der Waals surface area contributed by atoms with Gasteiger partial charge >= 0.3 is 18.1 Å². The third-order valence-electron chi connectivity index (χ3n) is 4.82. The zero-order valence-corrected chi connectivity index (χ0v) is 21.9. The van der Waals surface area contributed by atoms with E-state index in [-0.39, 0.29) is 11.1 Å². The minimum atomic E-state index is -1.31. The molecule has 0 saturated carbocycles. The molecule has 0 radical (unpaired) electrons. The second-order valence-corrected chi connectivity index (χ2v) is 10.5. The Hall–Kier alpha value is -3.43. The molecule has 0 aliphatic rings. The zero-order valence-electron chi connectivity index (χ0n) is 21.9. The van der Waals surface area contributed by atoms with Gasteiger partial charge < -0.3 is 9.47 Å². The van der Waals surface area contributed by atoms with Crippen LogP contribution in [0.5, 0.6) is 0 Å². The highest BCUT2D eigenvalue weighted by Gasteiger charge is 2.37. The summed E-state index contributed by atoms with van der Waals surface area (Å²) in [4.78, 5) is 57.2. The van der Waals surface area contributed by atoms with Crippen molar-refractivity contribution >= 4 is 18.1 Å². The first-order valence-corrected chi connectivity index (χ1v) is 11.4. The molecule has 9 nitrogen and oxygen atoms in total. The third kappa shape index (κ3) is 8.98. The minimum Gasteiger partial charge on any atom is -0.400 e. The van der Waals surface area contributed by atoms with Crippen molar-refractivity contribution < 1.29 is 43.4 Å². The number of rotatable bonds is 8. The van der Waals surface area contributed by atoms with Crippen molar-refractivity contribution in [3.8, 4) is 0 Å². The van der Waals surface area contributed by atoms with Crippen molar-refractivity contribution in [3.05, 3.63) is 70.8 Å². The average molecular weight is 503 g/mol. The number of carbonyl (C=O) groups excluding carboxylic acids is 3. The van der Waals surface area contributed by atoms with Crippen LogP contribution in [0.15, 0.2) is 48.5 Å². The Morgan fingerprint density at radius 1 is 0.583 bits per heavy atom. The molecule has 0 aliphatic heterocycles. The average Bonchev–Trinajstić information content (AvgIpc) is 2.78. The summed E-state index contributed by atoms with van der Waals surface area (Å²) < 4.78 is 10.5. The standard InChI is InChI=1S/C27H34O9/c1-17-9-13-19(14-10-17)21(28)33-35-23(26(3,4)5)31-25(30)32-24(27(6,7)8)36-34-22(29)20-15-11-18(2)12-16-20/h9-16,23-24H,1-8H3. The molecule has 0 spiro atoms. The Morgan fingerprint density at radius 2 is 0.889 bits per heavy atom. The summed E-state index contributed by atoms with van der Waals surface area (Å²) in [6.45, 7) is 14.1. The number of benzene rings is 2. The summed E-state index contributed by atoms with van der Waals surface area (Å²) in [7, 11) is 0. The fraction of sp³-hybridized carbons (Fsp3) is 0.444. The number of carbonyl (C=O) groups is 3. The molecule has 0 amide bonds. The topological polar surface area (TPSA) is 107 Å². The van der Waals surface area contributed by atoms with Gasteiger partial charge in [0, 0.05) is 10.8 Å². The summed E-state index contributed by atoms with van der Waals surface area (Å²) in [5.74, 6) is -1.50. The van der Waals surface area contributed by atoms with Crippen molar-refractivity contribution in [1.82, 2.24) is 0 Å². The monoisotopic (exact) mass is 502 g/mol. The molecule has 2 aromatic carbocycles. The molecule has 36 heavy (non-hydrogen) atoms. The highest BCUT2D eigenvalue weighted by Crippen LogP contribution is 2.28. The van der Waals surface area contributed by atoms with Gasteiger partial charge in [-0.15, -0.1) is 9.78 Å². The molecule has 0 aromatic heterocycles. The maximum atomic E-state index is 12.6. The molecule has 2 aromatic rings. The molecule has 2 rings (SSSR count). The molecule has 196 valence electrons. The van der Waals surface area contributed by atoms with E-state index in [2.05, 4.69) is 0 Å². The molecular weight excluding hydrogens is 468 g/mol. The van der Waals surface area contributed by atoms with Crippen molar-refractivity contribution in [2.24, 2.45) is 10.8 Å². The first-order valence-electron chi connectivity index (χ1n) is 11.4. The summed E-state index contributed by atoms with van der Waals surface area (Å²) in [5, 5.41) is 0. The fourth-order valence-corrected chi connectivity index (χ4v) is 2.53. The van der Waals surface area contributed by atoms with Crippen LogP contribution in [0.4, 0.5) is 4.79 Å². The molecule has 9 heteroatoms. The van der Waals surface area contributed by atoms with Crippen LogP contribution >= 0.6 is 0 Å². The van der Waals surface area contributed by atoms with Gasteiger partial charge in [-0.05, 0) is 38.1 Å². The maximum Gasteiger partial charge on any atom is 0.513 e. The lowest BCUT2D eigenvalue weighted by Gasteiger charge is -2.30. The Kier molecular flexibility index (Phi) is 9.61. The Morgan fingerprint density at radius 3 is 1.17 bits per heavy atom. The molecular formula is C27H34O9. The van der Waals surface area contributed by atoms with E-state index in [1.807, 2.05) is 13.8 Å². The lowest BCUT2D eigenvalue weighted by atomic mass is 9.96. The van der Waals surface area contributed by atoms with Gasteiger partial charge in [-0.25, -0.2) is 14.4 Å². The molecule has 2 unspecified atom stereocenters. The second kappa shape index (κ2) is 12.0. The Bertz CT molecular complexity index is 945. The van der Waals surface area contributed by atoms with Crippen LogP contribution < -0.4 is 0 Å². The number of hydrogen-bond acceptors (Lipinski definition) is 9. The van der Waals surface area contributed by atoms with Gasteiger partial charge in [-0.1, -0.05) is 76.9 Å². The van der Waals surface area contributed by atoms with Crippen molar-refractivity contribution in [3.63, 3.8) is 0 Å². The van der Waals surface area contributed by atoms with Crippen LogP contribution in [0, 0.1) is 24.7 Å². The number of hydrogen-bond donors (Lipinski definition) is 0. The second-order valence-electron chi connectivity index (χ2n) is 10.5. The van der Waals surface area contributed by atoms with E-state index in [4.69, 9.17) is 29.0 Å². The van der Waals surface area contributed by atoms with Crippen LogP contribution in [0.1, 0.15) is 73.4 Å². The van der Waals surface area contributed by atoms with Gasteiger partial charge in [-0.2, -0.15) is 0 Å². The molecule has 0 N–H and O–H groups in total. The van der Waals surface area contributed by atoms with Crippen LogP contribution in [0.2, 0.25) is 0 Å². The van der Waals surface area contributed by atoms with Crippen LogP contribution in [0.3, 0.4) is 0 Å². The third-order valence-corrected chi connectivity index (χ3v) is 4.82. The highest BCUT2D eigenvalue weighted by atomic mass is 17.2. The van der Waals surface area contributed by atoms with Gasteiger partial charge in [0.15, 0.2) is 0 Å². The van der Waals surface area contributed by atoms with Crippen LogP contribution in [-0.2, 0) is 29.0 Å². The first-order chi connectivity index (χ1) is 16.7. The first kappa shape index (κ1) is 28.8. The van der Waals surface area contributed by atoms with Gasteiger partial charge in [0.1, 0.15) is 0 Å². The zero-order chi connectivity index (χ0) is 27.1. The Balaban J connectivity index is 1.99. The van der Waals surface area contributed by atoms with Crippen molar-refractivity contribution in [2.75, 3.05) is 0 Å². The van der Waals surface area contributed by atoms with Crippen LogP contribution in [0.25, 0.3) is 0 Å². The quantitative estimate of drug-likeness (QED) is 0.184. The smallest absolute Gasteiger partial charge is 0.400 e. The molecule has 0 fully saturated rings. The van der Waals surface area contributed by atoms with E-state index in [0.29, 0.717) is 0 Å². The van der Waals surface area contributed by atoms with E-state index in [1.165, 1.54) is 0 Å². The minimum absolute atomic E-state index is 0.271. The van der Waals surface area contributed by atoms with Crippen molar-refractivity contribution in [2.45, 2.75) is 68.0 Å². The number of ether oxygens (including phenoxy) is 2. The van der Waals surface area contributed by atoms with E-state index in [0.717, 1.165) is 11.1 Å². The molecule has 0 bridgehead atoms. The highest BCUT2D eigenvalue weighted by molar-refractivity contribution is 5.89. The van der Waals surface area contributed by atoms with Gasteiger partial charge in [0.2, 0.25) is 0 Å². The van der Waals surface area contributed by atoms with E-state index in [9.17, 15) is 14.4 Å². The summed E-state index contributed by atoms with van der Waals surface area (Å²) in [6.07, 6.45) is -3.79. The number of aryl methyl sites for hydroxylation is 2. The molecule has 0 heterocycles. The van der Waals surface area contributed by atoms with E-state index < -0.39 is 41.5 Å². The SMILES string of the molecule is Cc1ccc(C(=O)OOC(OC(=O)OC(OOC(=O)c2ccc(C)cc2)C(C)(C)C)C(C)(C)C)cc1. The summed E-state index contributed by atoms with van der Waals surface area (Å²) in [5.41, 5.74) is 0.919. The molecule has 0 aliphatic carbocycles. The Labute approximate surface area is 211 Å². The summed E-state index contributed by atoms with van der Waals surface area (Å²) in [6, 6.07) is 13.4. The fourth-order valence-electron chi connectivity index (χ4n) is 2.53. The van der Waals surface area contributed by atoms with Crippen molar-refractivity contribution in [1.29, 1.82) is 0 Å². The maximum absolute atomic E-state index is 12.6. The largest absolute Gasteiger partial charge is 0.513 e. The van der Waals surface area contributed by atoms with E-state index in [1.54, 1.807) is 90.1 Å². The normalized spacial score (nSPS) is 13.3. The molecule has 0 saturated heterocycles. The van der Waals surface area contributed by atoms with E-state index >= 15 is 0 Å². The molecule has 2 atom stereocenters. The lowest BCUT2D eigenvalue weighted by molar-refractivity contribution is -0.371. The predicted octanol–water partition coefficient (Wildman–Crippen LogP) is 6.08. The van der Waals surface area contributed by atoms with Crippen LogP contribution in [-0.4, -0.2) is 30.7 Å². The predicted molar refractivity (Wildman–Crippen MR) is 129 cm³/mol. The van der Waals surface area contributed by atoms with Gasteiger partial charge in [0.25, 0.3) is 12.6 Å². The summed E-state index contributed by atoms with van der Waals surface area (Å²) >= 11 is 0. The van der Waals surface area contributed by atoms with Gasteiger partial charge in [0.05, 0.1) is 11.1 Å². The lowest BCUT2D eigenvalue weighted by Crippen LogP contribution is -2.39.